The van der Waals surface area contributed by atoms with E-state index in [0.717, 1.165) is 0 Å². The van der Waals surface area contributed by atoms with Crippen LogP contribution in [0.4, 0.5) is 0 Å². The lowest BCUT2D eigenvalue weighted by Gasteiger charge is -2.12. The summed E-state index contributed by atoms with van der Waals surface area (Å²) < 4.78 is 5.11. The fourth-order valence-corrected chi connectivity index (χ4v) is 0.334. The van der Waals surface area contributed by atoms with Crippen molar-refractivity contribution in [2.75, 3.05) is 13.7 Å². The van der Waals surface area contributed by atoms with Crippen LogP contribution in [0.1, 0.15) is 34.6 Å². The summed E-state index contributed by atoms with van der Waals surface area (Å²) in [6.07, 6.45) is 0. The van der Waals surface area contributed by atoms with Crippen molar-refractivity contribution in [3.8, 4) is 6.07 Å². The van der Waals surface area contributed by atoms with Gasteiger partial charge in [0, 0.05) is 7.11 Å². The third kappa shape index (κ3) is 9.45. The zero-order valence-electron chi connectivity index (χ0n) is 8.56. The second-order valence-corrected chi connectivity index (χ2v) is 2.50. The van der Waals surface area contributed by atoms with E-state index in [1.54, 1.807) is 14.0 Å². The van der Waals surface area contributed by atoms with Crippen molar-refractivity contribution in [2.45, 2.75) is 40.2 Å². The Morgan fingerprint density at radius 1 is 1.36 bits per heavy atom. The molecule has 0 aromatic rings. The lowest BCUT2D eigenvalue weighted by molar-refractivity contribution is 0.0371. The molecule has 0 rings (SSSR count). The minimum atomic E-state index is -0.136. The van der Waals surface area contributed by atoms with Crippen LogP contribution in [-0.4, -0.2) is 19.3 Å². The highest BCUT2D eigenvalue weighted by molar-refractivity contribution is 4.87. The van der Waals surface area contributed by atoms with Crippen LogP contribution in [0.15, 0.2) is 0 Å². The molecule has 0 N–H and O–H groups in total. The van der Waals surface area contributed by atoms with Crippen molar-refractivity contribution in [3.63, 3.8) is 0 Å². The van der Waals surface area contributed by atoms with Crippen molar-refractivity contribution in [2.24, 2.45) is 0 Å². The van der Waals surface area contributed by atoms with Gasteiger partial charge in [0.15, 0.2) is 0 Å². The van der Waals surface area contributed by atoms with Crippen LogP contribution in [0.25, 0.3) is 4.85 Å². The van der Waals surface area contributed by atoms with E-state index >= 15 is 0 Å². The molecule has 0 unspecified atom stereocenters. The molecule has 2 nitrogen and oxygen atoms in total. The molecule has 0 bridgehead atoms. The Hall–Kier alpha value is -0.550. The Balaban J connectivity index is 0. The van der Waals surface area contributed by atoms with Gasteiger partial charge in [0.25, 0.3) is 12.6 Å². The summed E-state index contributed by atoms with van der Waals surface area (Å²) >= 11 is 0. The summed E-state index contributed by atoms with van der Waals surface area (Å²) in [4.78, 5) is 3.94. The molecule has 0 aliphatic rings. The average molecular weight is 158 g/mol. The normalized spacial score (nSPS) is 8.91. The largest absolute Gasteiger partial charge is 0.371 e. The quantitative estimate of drug-likeness (QED) is 0.602. The van der Waals surface area contributed by atoms with Crippen molar-refractivity contribution in [1.82, 2.24) is 0 Å². The van der Waals surface area contributed by atoms with E-state index in [-0.39, 0.29) is 5.60 Å². The lowest BCUT2D eigenvalue weighted by Crippen LogP contribution is -2.25. The highest BCUT2D eigenvalue weighted by Crippen LogP contribution is 2.06. The highest BCUT2D eigenvalue weighted by Gasteiger charge is 2.21. The van der Waals surface area contributed by atoms with Crippen LogP contribution in [0, 0.1) is 6.07 Å². The van der Waals surface area contributed by atoms with Gasteiger partial charge >= 0.3 is 0 Å². The maximum atomic E-state index is 5.11. The van der Waals surface area contributed by atoms with E-state index in [1.807, 2.05) is 27.7 Å². The van der Waals surface area contributed by atoms with Gasteiger partial charge in [0.05, 0.1) is 6.92 Å². The molecular weight excluding hydrogens is 138 g/mol. The van der Waals surface area contributed by atoms with Gasteiger partial charge in [0.2, 0.25) is 0 Å². The standard InChI is InChI=1S/C7H14NO.C2H6/c1-5-8-6-7(2,3)9-4;1-2/h6H2,1-4H3;1-2H3/q+1;. The van der Waals surface area contributed by atoms with Gasteiger partial charge in [-0.05, 0) is 13.8 Å². The summed E-state index contributed by atoms with van der Waals surface area (Å²) in [5, 5.41) is 0. The maximum absolute atomic E-state index is 5.11. The first-order valence-electron chi connectivity index (χ1n) is 4.01. The number of ether oxygens (including phenoxy) is 1. The Morgan fingerprint density at radius 2 is 1.82 bits per heavy atom. The average Bonchev–Trinajstić information content (AvgIpc) is 2.05. The predicted molar refractivity (Wildman–Crippen MR) is 50.2 cm³/mol. The van der Waals surface area contributed by atoms with Gasteiger partial charge in [-0.15, -0.1) is 0 Å². The molecule has 0 amide bonds. The smallest absolute Gasteiger partial charge is 0.291 e. The van der Waals surface area contributed by atoms with Crippen molar-refractivity contribution in [3.05, 3.63) is 4.85 Å². The summed E-state index contributed by atoms with van der Waals surface area (Å²) in [5.74, 6) is 0. The van der Waals surface area contributed by atoms with Crippen LogP contribution >= 0.6 is 0 Å². The van der Waals surface area contributed by atoms with E-state index in [9.17, 15) is 0 Å². The van der Waals surface area contributed by atoms with Gasteiger partial charge in [0.1, 0.15) is 5.60 Å². The predicted octanol–water partition coefficient (Wildman–Crippen LogP) is 2.79. The molecule has 0 aromatic carbocycles. The van der Waals surface area contributed by atoms with Gasteiger partial charge in [-0.3, -0.25) is 0 Å². The minimum Gasteiger partial charge on any atom is -0.371 e. The zero-order valence-corrected chi connectivity index (χ0v) is 8.56. The first-order valence-corrected chi connectivity index (χ1v) is 4.01. The molecule has 0 saturated carbocycles. The summed E-state index contributed by atoms with van der Waals surface area (Å²) in [6.45, 7) is 10.5. The molecule has 66 valence electrons. The Morgan fingerprint density at radius 3 is 2.09 bits per heavy atom. The van der Waals surface area contributed by atoms with E-state index in [0.29, 0.717) is 6.54 Å². The van der Waals surface area contributed by atoms with E-state index < -0.39 is 0 Å². The molecule has 0 fully saturated rings. The SMILES string of the molecule is CC.CC#[N+]CC(C)(C)OC. The van der Waals surface area contributed by atoms with Crippen LogP contribution < -0.4 is 0 Å². The van der Waals surface area contributed by atoms with Crippen LogP contribution in [0.3, 0.4) is 0 Å². The number of hydrogen-bond acceptors (Lipinski definition) is 1. The second kappa shape index (κ2) is 7.56. The molecule has 0 heterocycles. The Labute approximate surface area is 70.4 Å². The minimum absolute atomic E-state index is 0.136. The summed E-state index contributed by atoms with van der Waals surface area (Å²) in [7, 11) is 1.69. The third-order valence-corrected chi connectivity index (χ3v) is 1.17. The molecule has 0 spiro atoms. The maximum Gasteiger partial charge on any atom is 0.291 e. The van der Waals surface area contributed by atoms with Crippen LogP contribution in [0.2, 0.25) is 0 Å². The van der Waals surface area contributed by atoms with Crippen molar-refractivity contribution < 1.29 is 4.74 Å². The summed E-state index contributed by atoms with van der Waals surface area (Å²) in [5.41, 5.74) is -0.136. The van der Waals surface area contributed by atoms with Gasteiger partial charge in [-0.2, -0.15) is 0 Å². The number of hydrogen-bond donors (Lipinski definition) is 0. The molecule has 0 radical (unpaired) electrons. The van der Waals surface area contributed by atoms with E-state index in [2.05, 4.69) is 10.9 Å². The van der Waals surface area contributed by atoms with Gasteiger partial charge in [-0.1, -0.05) is 18.7 Å². The molecule has 0 aliphatic heterocycles. The van der Waals surface area contributed by atoms with E-state index in [4.69, 9.17) is 4.74 Å². The fourth-order valence-electron chi connectivity index (χ4n) is 0.334. The molecule has 0 saturated heterocycles. The summed E-state index contributed by atoms with van der Waals surface area (Å²) in [6, 6.07) is 2.70. The number of nitrogens with zero attached hydrogens (tertiary/aromatic N) is 1. The molecule has 2 heteroatoms. The zero-order chi connectivity index (χ0) is 9.33. The Kier molecular flexibility index (Phi) is 8.98. The first kappa shape index (κ1) is 13.1. The lowest BCUT2D eigenvalue weighted by atomic mass is 10.1. The Bertz CT molecular complexity index is 130. The van der Waals surface area contributed by atoms with Crippen LogP contribution in [-0.2, 0) is 4.74 Å². The number of rotatable bonds is 2. The van der Waals surface area contributed by atoms with E-state index in [1.165, 1.54) is 0 Å². The highest BCUT2D eigenvalue weighted by atomic mass is 16.5. The number of methoxy groups -OCH3 is 1. The van der Waals surface area contributed by atoms with Crippen molar-refractivity contribution in [1.29, 1.82) is 0 Å². The monoisotopic (exact) mass is 158 g/mol. The van der Waals surface area contributed by atoms with Crippen molar-refractivity contribution >= 4 is 0 Å². The fraction of sp³-hybridized carbons (Fsp3) is 0.889. The first-order chi connectivity index (χ1) is 5.12. The molecular formula is C9H20NO+. The molecule has 11 heavy (non-hydrogen) atoms. The molecule has 0 aliphatic carbocycles. The third-order valence-electron chi connectivity index (χ3n) is 1.17. The van der Waals surface area contributed by atoms with Gasteiger partial charge < -0.3 is 4.74 Å². The topological polar surface area (TPSA) is 13.6 Å². The van der Waals surface area contributed by atoms with Gasteiger partial charge in [-0.25, -0.2) is 0 Å². The second-order valence-electron chi connectivity index (χ2n) is 2.50. The van der Waals surface area contributed by atoms with Crippen LogP contribution in [0.5, 0.6) is 0 Å². The molecule has 0 atom stereocenters. The molecule has 0 aromatic heterocycles.